The fourth-order valence-electron chi connectivity index (χ4n) is 2.16. The average Bonchev–Trinajstić information content (AvgIpc) is 2.35. The Morgan fingerprint density at radius 3 is 2.41 bits per heavy atom. The first kappa shape index (κ1) is 13.2. The van der Waals surface area contributed by atoms with Crippen LogP contribution in [0.25, 0.3) is 0 Å². The molecular weight excluding hydrogens is 226 g/mol. The lowest BCUT2D eigenvalue weighted by Gasteiger charge is -2.43. The third-order valence-corrected chi connectivity index (χ3v) is 3.15. The van der Waals surface area contributed by atoms with Gasteiger partial charge in [0.2, 0.25) is 0 Å². The molecule has 2 unspecified atom stereocenters. The maximum atomic E-state index is 9.82. The number of aliphatic hydroxyl groups excluding tert-OH is 5. The highest BCUT2D eigenvalue weighted by atomic mass is 16.4. The van der Waals surface area contributed by atoms with E-state index in [1.807, 2.05) is 0 Å². The van der Waals surface area contributed by atoms with Crippen LogP contribution < -0.4 is 5.32 Å². The summed E-state index contributed by atoms with van der Waals surface area (Å²) in [5, 5.41) is 50.7. The fourth-order valence-corrected chi connectivity index (χ4v) is 2.16. The Morgan fingerprint density at radius 1 is 1.24 bits per heavy atom. The van der Waals surface area contributed by atoms with E-state index in [9.17, 15) is 20.4 Å². The Hall–Kier alpha value is -0.240. The molecule has 1 aliphatic heterocycles. The second kappa shape index (κ2) is 6.63. The van der Waals surface area contributed by atoms with E-state index in [0.717, 1.165) is 0 Å². The number of aliphatic hydroxyl groups is 5. The molecule has 0 aliphatic carbocycles. The molecule has 1 aliphatic rings. The largest absolute Gasteiger partial charge is 0.396 e. The van der Waals surface area contributed by atoms with Crippen LogP contribution in [0.3, 0.4) is 0 Å². The molecule has 0 aromatic carbocycles. The van der Waals surface area contributed by atoms with Crippen LogP contribution in [-0.4, -0.2) is 68.6 Å². The van der Waals surface area contributed by atoms with Gasteiger partial charge in [0, 0.05) is 14.0 Å². The van der Waals surface area contributed by atoms with Crippen LogP contribution in [0.15, 0.2) is 0 Å². The SMILES string of the molecule is [2H]C(CC)C1N[C@@H]([C@H](O)CCO)[C@@H](O)[C@@H](O)[C@H]1O. The van der Waals surface area contributed by atoms with E-state index >= 15 is 0 Å². The Kier molecular flexibility index (Phi) is 5.15. The summed E-state index contributed by atoms with van der Waals surface area (Å²) in [6.45, 7) is 1.54. The van der Waals surface area contributed by atoms with E-state index in [1.54, 1.807) is 6.92 Å². The summed E-state index contributed by atoms with van der Waals surface area (Å²) in [6, 6.07) is -1.58. The van der Waals surface area contributed by atoms with Crippen molar-refractivity contribution in [2.24, 2.45) is 0 Å². The van der Waals surface area contributed by atoms with Crippen molar-refractivity contribution in [1.29, 1.82) is 0 Å². The van der Waals surface area contributed by atoms with Gasteiger partial charge in [-0.2, -0.15) is 0 Å². The van der Waals surface area contributed by atoms with Crippen molar-refractivity contribution in [3.8, 4) is 0 Å². The maximum absolute atomic E-state index is 9.82. The summed E-state index contributed by atoms with van der Waals surface area (Å²) in [5.41, 5.74) is 0. The van der Waals surface area contributed by atoms with Gasteiger partial charge in [0.15, 0.2) is 0 Å². The molecule has 17 heavy (non-hydrogen) atoms. The lowest BCUT2D eigenvalue weighted by atomic mass is 9.85. The van der Waals surface area contributed by atoms with Crippen LogP contribution in [0.5, 0.6) is 0 Å². The molecule has 1 saturated heterocycles. The molecule has 0 aromatic rings. The fraction of sp³-hybridized carbons (Fsp3) is 1.00. The molecular formula is C11H23NO5. The molecule has 0 aromatic heterocycles. The van der Waals surface area contributed by atoms with E-state index < -0.39 is 42.9 Å². The monoisotopic (exact) mass is 250 g/mol. The number of nitrogens with one attached hydrogen (secondary N) is 1. The maximum Gasteiger partial charge on any atom is 0.109 e. The minimum Gasteiger partial charge on any atom is -0.396 e. The first-order valence-corrected chi connectivity index (χ1v) is 5.95. The van der Waals surface area contributed by atoms with Gasteiger partial charge in [0.05, 0.1) is 18.2 Å². The van der Waals surface area contributed by atoms with E-state index in [-0.39, 0.29) is 13.0 Å². The van der Waals surface area contributed by atoms with Crippen molar-refractivity contribution in [2.75, 3.05) is 6.61 Å². The number of rotatable bonds is 5. The molecule has 1 fully saturated rings. The van der Waals surface area contributed by atoms with Gasteiger partial charge in [-0.3, -0.25) is 0 Å². The molecule has 7 atom stereocenters. The highest BCUT2D eigenvalue weighted by Gasteiger charge is 2.44. The first-order valence-electron chi connectivity index (χ1n) is 6.53. The van der Waals surface area contributed by atoms with E-state index in [1.165, 1.54) is 0 Å². The average molecular weight is 250 g/mol. The minimum atomic E-state index is -1.41. The summed E-state index contributed by atoms with van der Waals surface area (Å²) in [4.78, 5) is 0. The summed E-state index contributed by atoms with van der Waals surface area (Å²) in [5.74, 6) is 0. The Bertz CT molecular complexity index is 258. The van der Waals surface area contributed by atoms with Gasteiger partial charge in [-0.1, -0.05) is 13.3 Å². The normalized spacial score (nSPS) is 42.9. The first-order chi connectivity index (χ1) is 8.43. The molecule has 102 valence electrons. The summed E-state index contributed by atoms with van der Waals surface area (Å²) < 4.78 is 7.79. The Balaban J connectivity index is 2.80. The molecule has 6 N–H and O–H groups in total. The van der Waals surface area contributed by atoms with Crippen LogP contribution in [0.1, 0.15) is 27.5 Å². The zero-order valence-electron chi connectivity index (χ0n) is 10.9. The van der Waals surface area contributed by atoms with Crippen LogP contribution in [-0.2, 0) is 0 Å². The van der Waals surface area contributed by atoms with Crippen LogP contribution in [0.2, 0.25) is 0 Å². The van der Waals surface area contributed by atoms with E-state index in [4.69, 9.17) is 6.48 Å². The van der Waals surface area contributed by atoms with Gasteiger partial charge in [-0.05, 0) is 12.8 Å². The predicted octanol–water partition coefficient (Wildman–Crippen LogP) is -2.05. The number of hydrogen-bond acceptors (Lipinski definition) is 6. The molecule has 6 nitrogen and oxygen atoms in total. The highest BCUT2D eigenvalue weighted by molar-refractivity contribution is 5.00. The molecule has 0 bridgehead atoms. The standard InChI is InChI=1S/C11H23NO5/c1-2-3-6-9(15)11(17)10(16)8(12-6)7(14)4-5-13/h6-17H,2-5H2,1H3/t6?,7-,8+,9+,10-,11+/m1/s1/i3D/t3?,6?,7-,8+,9+,10-,11+. The van der Waals surface area contributed by atoms with Gasteiger partial charge in [0.25, 0.3) is 0 Å². The molecule has 6 heteroatoms. The third kappa shape index (κ3) is 3.37. The molecule has 1 rings (SSSR count). The van der Waals surface area contributed by atoms with Crippen LogP contribution in [0.4, 0.5) is 0 Å². The van der Waals surface area contributed by atoms with Crippen LogP contribution >= 0.6 is 0 Å². The number of hydrogen-bond donors (Lipinski definition) is 6. The molecule has 0 spiro atoms. The lowest BCUT2D eigenvalue weighted by Crippen LogP contribution is -2.67. The van der Waals surface area contributed by atoms with Crippen molar-refractivity contribution >= 4 is 0 Å². The van der Waals surface area contributed by atoms with E-state index in [0.29, 0.717) is 6.42 Å². The molecule has 0 saturated carbocycles. The second-order valence-corrected chi connectivity index (χ2v) is 4.41. The zero-order valence-corrected chi connectivity index (χ0v) is 9.90. The Labute approximate surface area is 102 Å². The topological polar surface area (TPSA) is 113 Å². The van der Waals surface area contributed by atoms with Gasteiger partial charge in [-0.15, -0.1) is 0 Å². The van der Waals surface area contributed by atoms with Crippen LogP contribution in [0, 0.1) is 0 Å². The minimum absolute atomic E-state index is 0.0546. The van der Waals surface area contributed by atoms with Crippen molar-refractivity contribution in [3.05, 3.63) is 0 Å². The molecule has 0 amide bonds. The van der Waals surface area contributed by atoms with Gasteiger partial charge < -0.3 is 30.8 Å². The molecule has 0 radical (unpaired) electrons. The van der Waals surface area contributed by atoms with Crippen molar-refractivity contribution < 1.29 is 26.9 Å². The highest BCUT2D eigenvalue weighted by Crippen LogP contribution is 2.21. The number of piperidine rings is 1. The van der Waals surface area contributed by atoms with Crippen molar-refractivity contribution in [2.45, 2.75) is 62.7 Å². The lowest BCUT2D eigenvalue weighted by molar-refractivity contribution is -0.133. The Morgan fingerprint density at radius 2 is 1.88 bits per heavy atom. The quantitative estimate of drug-likeness (QED) is 0.335. The summed E-state index contributed by atoms with van der Waals surface area (Å²) in [6.07, 6.45) is -5.15. The summed E-state index contributed by atoms with van der Waals surface area (Å²) in [7, 11) is 0. The molecule has 1 heterocycles. The second-order valence-electron chi connectivity index (χ2n) is 4.41. The third-order valence-electron chi connectivity index (χ3n) is 3.15. The van der Waals surface area contributed by atoms with Crippen molar-refractivity contribution in [3.63, 3.8) is 0 Å². The van der Waals surface area contributed by atoms with Gasteiger partial charge in [0.1, 0.15) is 12.2 Å². The zero-order chi connectivity index (χ0) is 13.9. The predicted molar refractivity (Wildman–Crippen MR) is 61.3 cm³/mol. The summed E-state index contributed by atoms with van der Waals surface area (Å²) >= 11 is 0. The van der Waals surface area contributed by atoms with E-state index in [2.05, 4.69) is 5.32 Å². The van der Waals surface area contributed by atoms with Crippen molar-refractivity contribution in [1.82, 2.24) is 5.32 Å². The van der Waals surface area contributed by atoms with Gasteiger partial charge in [-0.25, -0.2) is 0 Å². The van der Waals surface area contributed by atoms with Gasteiger partial charge >= 0.3 is 0 Å². The smallest absolute Gasteiger partial charge is 0.109 e.